The molecule has 3 nitrogen and oxygen atoms in total. The summed E-state index contributed by atoms with van der Waals surface area (Å²) in [6.07, 6.45) is 2.63. The molecule has 0 saturated heterocycles. The zero-order valence-electron chi connectivity index (χ0n) is 12.4. The minimum absolute atomic E-state index is 0.214. The van der Waals surface area contributed by atoms with Crippen LogP contribution >= 0.6 is 11.6 Å². The van der Waals surface area contributed by atoms with E-state index in [9.17, 15) is 13.6 Å². The lowest BCUT2D eigenvalue weighted by atomic mass is 10.1. The van der Waals surface area contributed by atoms with Gasteiger partial charge in [0.25, 0.3) is 0 Å². The monoisotopic (exact) mass is 338 g/mol. The number of rotatable bonds is 5. The highest BCUT2D eigenvalue weighted by Gasteiger charge is 2.12. The molecule has 120 valence electrons. The summed E-state index contributed by atoms with van der Waals surface area (Å²) < 4.78 is 36.7. The van der Waals surface area contributed by atoms with E-state index in [4.69, 9.17) is 21.1 Å². The number of benzene rings is 2. The summed E-state index contributed by atoms with van der Waals surface area (Å²) in [7, 11) is 2.92. The zero-order chi connectivity index (χ0) is 17.0. The lowest BCUT2D eigenvalue weighted by Crippen LogP contribution is -1.99. The van der Waals surface area contributed by atoms with Crippen LogP contribution in [0, 0.1) is 11.6 Å². The first kappa shape index (κ1) is 17.0. The molecule has 0 aromatic heterocycles. The van der Waals surface area contributed by atoms with Gasteiger partial charge in [-0.1, -0.05) is 17.7 Å². The van der Waals surface area contributed by atoms with Crippen LogP contribution in [0.15, 0.2) is 36.4 Å². The minimum Gasteiger partial charge on any atom is -0.493 e. The lowest BCUT2D eigenvalue weighted by Gasteiger charge is -2.10. The van der Waals surface area contributed by atoms with Crippen molar-refractivity contribution in [2.45, 2.75) is 0 Å². The Balaban J connectivity index is 2.29. The van der Waals surface area contributed by atoms with Crippen LogP contribution in [0.25, 0.3) is 6.08 Å². The second kappa shape index (κ2) is 7.24. The largest absolute Gasteiger partial charge is 0.493 e. The number of ketones is 1. The molecule has 0 unspecified atom stereocenters. The van der Waals surface area contributed by atoms with Crippen molar-refractivity contribution in [2.24, 2.45) is 0 Å². The molecule has 0 aliphatic rings. The second-order valence-corrected chi connectivity index (χ2v) is 4.97. The summed E-state index contributed by atoms with van der Waals surface area (Å²) in [5.41, 5.74) is 0.359. The van der Waals surface area contributed by atoms with E-state index in [-0.39, 0.29) is 5.56 Å². The van der Waals surface area contributed by atoms with E-state index in [1.54, 1.807) is 12.1 Å². The topological polar surface area (TPSA) is 35.5 Å². The Labute approximate surface area is 137 Å². The van der Waals surface area contributed by atoms with Crippen molar-refractivity contribution in [3.63, 3.8) is 0 Å². The van der Waals surface area contributed by atoms with Gasteiger partial charge in [0.2, 0.25) is 0 Å². The molecular weight excluding hydrogens is 326 g/mol. The van der Waals surface area contributed by atoms with Crippen molar-refractivity contribution in [1.29, 1.82) is 0 Å². The Morgan fingerprint density at radius 2 is 1.87 bits per heavy atom. The van der Waals surface area contributed by atoms with Crippen molar-refractivity contribution in [1.82, 2.24) is 0 Å². The van der Waals surface area contributed by atoms with Gasteiger partial charge in [-0.25, -0.2) is 8.78 Å². The summed E-state index contributed by atoms with van der Waals surface area (Å²) in [5, 5.41) is 0.312. The fraction of sp³-hybridized carbons (Fsp3) is 0.118. The van der Waals surface area contributed by atoms with E-state index < -0.39 is 17.4 Å². The average molecular weight is 339 g/mol. The summed E-state index contributed by atoms with van der Waals surface area (Å²) in [5.74, 6) is -1.46. The van der Waals surface area contributed by atoms with E-state index in [0.717, 1.165) is 12.1 Å². The van der Waals surface area contributed by atoms with Crippen molar-refractivity contribution < 1.29 is 23.0 Å². The van der Waals surface area contributed by atoms with E-state index in [2.05, 4.69) is 0 Å². The number of ether oxygens (including phenoxy) is 2. The van der Waals surface area contributed by atoms with Crippen LogP contribution in [0.4, 0.5) is 8.78 Å². The molecule has 0 amide bonds. The third kappa shape index (κ3) is 3.87. The van der Waals surface area contributed by atoms with Gasteiger partial charge in [0.15, 0.2) is 17.3 Å². The summed E-state index contributed by atoms with van der Waals surface area (Å²) in [6, 6.07) is 5.98. The average Bonchev–Trinajstić information content (AvgIpc) is 2.51. The fourth-order valence-corrected chi connectivity index (χ4v) is 2.28. The first-order chi connectivity index (χ1) is 11.0. The van der Waals surface area contributed by atoms with Crippen LogP contribution in [-0.2, 0) is 0 Å². The SMILES string of the molecule is COc1cc(/C=C/C(=O)c2ccc(F)cc2F)cc(Cl)c1OC. The van der Waals surface area contributed by atoms with Gasteiger partial charge >= 0.3 is 0 Å². The predicted molar refractivity (Wildman–Crippen MR) is 84.3 cm³/mol. The second-order valence-electron chi connectivity index (χ2n) is 4.56. The smallest absolute Gasteiger partial charge is 0.188 e. The van der Waals surface area contributed by atoms with Gasteiger partial charge in [0.05, 0.1) is 24.8 Å². The van der Waals surface area contributed by atoms with Gasteiger partial charge in [0, 0.05) is 6.07 Å². The van der Waals surface area contributed by atoms with Crippen LogP contribution in [-0.4, -0.2) is 20.0 Å². The fourth-order valence-electron chi connectivity index (χ4n) is 1.99. The zero-order valence-corrected chi connectivity index (χ0v) is 13.2. The molecule has 0 bridgehead atoms. The van der Waals surface area contributed by atoms with Gasteiger partial charge in [0.1, 0.15) is 11.6 Å². The van der Waals surface area contributed by atoms with Crippen LogP contribution < -0.4 is 9.47 Å². The Morgan fingerprint density at radius 3 is 2.48 bits per heavy atom. The maximum atomic E-state index is 13.6. The molecule has 23 heavy (non-hydrogen) atoms. The number of carbonyl (C=O) groups is 1. The van der Waals surface area contributed by atoms with E-state index >= 15 is 0 Å². The Morgan fingerprint density at radius 1 is 1.13 bits per heavy atom. The van der Waals surface area contributed by atoms with Crippen LogP contribution in [0.5, 0.6) is 11.5 Å². The third-order valence-corrected chi connectivity index (χ3v) is 3.36. The lowest BCUT2D eigenvalue weighted by molar-refractivity contribution is 0.104. The van der Waals surface area contributed by atoms with E-state index in [0.29, 0.717) is 28.2 Å². The van der Waals surface area contributed by atoms with Gasteiger partial charge in [-0.3, -0.25) is 4.79 Å². The van der Waals surface area contributed by atoms with Gasteiger partial charge in [-0.05, 0) is 35.9 Å². The van der Waals surface area contributed by atoms with Gasteiger partial charge in [-0.2, -0.15) is 0 Å². The van der Waals surface area contributed by atoms with E-state index in [1.165, 1.54) is 26.4 Å². The summed E-state index contributed by atoms with van der Waals surface area (Å²) in [4.78, 5) is 12.0. The first-order valence-electron chi connectivity index (χ1n) is 6.55. The van der Waals surface area contributed by atoms with Gasteiger partial charge < -0.3 is 9.47 Å². The Hall–Kier alpha value is -2.40. The van der Waals surface area contributed by atoms with Crippen molar-refractivity contribution >= 4 is 23.5 Å². The number of hydrogen-bond acceptors (Lipinski definition) is 3. The first-order valence-corrected chi connectivity index (χ1v) is 6.93. The van der Waals surface area contributed by atoms with Gasteiger partial charge in [-0.15, -0.1) is 0 Å². The Kier molecular flexibility index (Phi) is 5.34. The molecule has 0 saturated carbocycles. The van der Waals surface area contributed by atoms with Crippen LogP contribution in [0.2, 0.25) is 5.02 Å². The highest BCUT2D eigenvalue weighted by Crippen LogP contribution is 2.36. The van der Waals surface area contributed by atoms with Crippen LogP contribution in [0.3, 0.4) is 0 Å². The van der Waals surface area contributed by atoms with Crippen molar-refractivity contribution in [3.05, 3.63) is 64.2 Å². The number of carbonyl (C=O) groups excluding carboxylic acids is 1. The molecule has 2 rings (SSSR count). The molecule has 2 aromatic rings. The third-order valence-electron chi connectivity index (χ3n) is 3.08. The number of methoxy groups -OCH3 is 2. The molecule has 0 radical (unpaired) electrons. The summed E-state index contributed by atoms with van der Waals surface area (Å²) >= 11 is 6.06. The Bertz CT molecular complexity index is 773. The molecule has 2 aromatic carbocycles. The predicted octanol–water partition coefficient (Wildman–Crippen LogP) is 4.53. The standard InChI is InChI=1S/C17H13ClF2O3/c1-22-16-8-10(7-13(18)17(16)23-2)3-6-15(21)12-5-4-11(19)9-14(12)20/h3-9H,1-2H3/b6-3+. The molecule has 6 heteroatoms. The molecule has 0 N–H and O–H groups in total. The van der Waals surface area contributed by atoms with Crippen molar-refractivity contribution in [2.75, 3.05) is 14.2 Å². The molecule has 0 aliphatic heterocycles. The molecule has 0 aliphatic carbocycles. The normalized spacial score (nSPS) is 10.8. The molecule has 0 fully saturated rings. The number of halogens is 3. The quantitative estimate of drug-likeness (QED) is 0.593. The molecular formula is C17H13ClF2O3. The molecule has 0 heterocycles. The minimum atomic E-state index is -0.912. The maximum absolute atomic E-state index is 13.6. The number of hydrogen-bond donors (Lipinski definition) is 0. The highest BCUT2D eigenvalue weighted by molar-refractivity contribution is 6.32. The van der Waals surface area contributed by atoms with Crippen LogP contribution in [0.1, 0.15) is 15.9 Å². The maximum Gasteiger partial charge on any atom is 0.188 e. The molecule has 0 atom stereocenters. The summed E-state index contributed by atoms with van der Waals surface area (Å²) in [6.45, 7) is 0. The van der Waals surface area contributed by atoms with E-state index in [1.807, 2.05) is 0 Å². The van der Waals surface area contributed by atoms with Crippen molar-refractivity contribution in [3.8, 4) is 11.5 Å². The molecule has 0 spiro atoms. The highest BCUT2D eigenvalue weighted by atomic mass is 35.5. The number of allylic oxidation sites excluding steroid dienone is 1.